The quantitative estimate of drug-likeness (QED) is 0.833. The van der Waals surface area contributed by atoms with Gasteiger partial charge in [0, 0.05) is 44.6 Å². The SMILES string of the molecule is CCCN1C[C@H]2CC[C@@H]1CN(Cc1cc(F)ccc1-n1cccn1)C2. The largest absolute Gasteiger partial charge is 0.299 e. The third kappa shape index (κ3) is 3.62. The predicted molar refractivity (Wildman–Crippen MR) is 97.2 cm³/mol. The van der Waals surface area contributed by atoms with Crippen LogP contribution < -0.4 is 0 Å². The Labute approximate surface area is 149 Å². The van der Waals surface area contributed by atoms with Gasteiger partial charge in [0.15, 0.2) is 0 Å². The van der Waals surface area contributed by atoms with Crippen molar-refractivity contribution in [2.24, 2.45) is 5.92 Å². The van der Waals surface area contributed by atoms with E-state index in [2.05, 4.69) is 21.8 Å². The predicted octanol–water partition coefficient (Wildman–Crippen LogP) is 3.32. The summed E-state index contributed by atoms with van der Waals surface area (Å²) in [7, 11) is 0. The van der Waals surface area contributed by atoms with Gasteiger partial charge in [-0.1, -0.05) is 6.92 Å². The molecule has 1 aromatic carbocycles. The van der Waals surface area contributed by atoms with Crippen LogP contribution in [0.2, 0.25) is 0 Å². The van der Waals surface area contributed by atoms with Gasteiger partial charge in [-0.3, -0.25) is 9.80 Å². The van der Waals surface area contributed by atoms with E-state index in [1.54, 1.807) is 12.3 Å². The highest BCUT2D eigenvalue weighted by atomic mass is 19.1. The van der Waals surface area contributed by atoms with Crippen molar-refractivity contribution in [3.63, 3.8) is 0 Å². The minimum atomic E-state index is -0.170. The van der Waals surface area contributed by atoms with Crippen molar-refractivity contribution in [2.75, 3.05) is 26.2 Å². The molecule has 0 unspecified atom stereocenters. The second kappa shape index (κ2) is 7.26. The lowest BCUT2D eigenvalue weighted by Gasteiger charge is -2.35. The molecule has 2 atom stereocenters. The van der Waals surface area contributed by atoms with Crippen LogP contribution in [-0.4, -0.2) is 51.8 Å². The standard InChI is InChI=1S/C20H27FN4/c1-2-9-24-13-16-4-6-19(24)15-23(12-16)14-17-11-18(21)5-7-20(17)25-10-3-8-22-25/h3,5,7-8,10-11,16,19H,2,4,6,9,12-15H2,1H3/t16-,19+/m0/s1. The van der Waals surface area contributed by atoms with Gasteiger partial charge in [0.25, 0.3) is 0 Å². The van der Waals surface area contributed by atoms with Gasteiger partial charge >= 0.3 is 0 Å². The first-order valence-corrected chi connectivity index (χ1v) is 9.47. The molecule has 2 aromatic rings. The Bertz CT molecular complexity index is 700. The van der Waals surface area contributed by atoms with E-state index in [0.29, 0.717) is 6.04 Å². The van der Waals surface area contributed by atoms with E-state index < -0.39 is 0 Å². The summed E-state index contributed by atoms with van der Waals surface area (Å²) in [6.07, 6.45) is 7.54. The molecule has 0 spiro atoms. The highest BCUT2D eigenvalue weighted by Crippen LogP contribution is 2.29. The summed E-state index contributed by atoms with van der Waals surface area (Å²) in [5, 5.41) is 4.33. The number of benzene rings is 1. The van der Waals surface area contributed by atoms with Crippen molar-refractivity contribution in [1.29, 1.82) is 0 Å². The van der Waals surface area contributed by atoms with Gasteiger partial charge in [-0.15, -0.1) is 0 Å². The van der Waals surface area contributed by atoms with Gasteiger partial charge in [-0.25, -0.2) is 9.07 Å². The van der Waals surface area contributed by atoms with Crippen LogP contribution >= 0.6 is 0 Å². The number of aromatic nitrogens is 2. The lowest BCUT2D eigenvalue weighted by atomic mass is 9.95. The van der Waals surface area contributed by atoms with Gasteiger partial charge in [-0.05, 0) is 61.6 Å². The molecule has 5 rings (SSSR count). The molecule has 0 aliphatic carbocycles. The molecule has 134 valence electrons. The summed E-state index contributed by atoms with van der Waals surface area (Å²) in [6, 6.07) is 7.60. The fraction of sp³-hybridized carbons (Fsp3) is 0.550. The van der Waals surface area contributed by atoms with E-state index in [4.69, 9.17) is 0 Å². The number of rotatable bonds is 5. The van der Waals surface area contributed by atoms with Crippen molar-refractivity contribution >= 4 is 0 Å². The second-order valence-electron chi connectivity index (χ2n) is 7.51. The maximum atomic E-state index is 13.9. The van der Waals surface area contributed by atoms with Crippen molar-refractivity contribution in [1.82, 2.24) is 19.6 Å². The molecule has 3 aliphatic rings. The molecular weight excluding hydrogens is 315 g/mol. The summed E-state index contributed by atoms with van der Waals surface area (Å²) in [5.74, 6) is 0.573. The normalized spacial score (nSPS) is 24.6. The minimum absolute atomic E-state index is 0.170. The fourth-order valence-electron chi connectivity index (χ4n) is 4.52. The molecule has 1 aromatic heterocycles. The summed E-state index contributed by atoms with van der Waals surface area (Å²) in [4.78, 5) is 5.20. The number of hydrogen-bond donors (Lipinski definition) is 0. The van der Waals surface area contributed by atoms with Gasteiger partial charge < -0.3 is 0 Å². The van der Waals surface area contributed by atoms with E-state index >= 15 is 0 Å². The van der Waals surface area contributed by atoms with Crippen molar-refractivity contribution < 1.29 is 4.39 Å². The number of fused-ring (bicyclic) bond motifs is 4. The summed E-state index contributed by atoms with van der Waals surface area (Å²) < 4.78 is 15.7. The molecule has 4 heterocycles. The smallest absolute Gasteiger partial charge is 0.123 e. The average Bonchev–Trinajstić information content (AvgIpc) is 2.99. The Kier molecular flexibility index (Phi) is 4.86. The Morgan fingerprint density at radius 2 is 2.12 bits per heavy atom. The molecule has 0 saturated carbocycles. The van der Waals surface area contributed by atoms with Gasteiger partial charge in [0.05, 0.1) is 5.69 Å². The van der Waals surface area contributed by atoms with Gasteiger partial charge in [0.2, 0.25) is 0 Å². The van der Waals surface area contributed by atoms with Gasteiger partial charge in [0.1, 0.15) is 5.82 Å². The third-order valence-corrected chi connectivity index (χ3v) is 5.60. The molecule has 5 heteroatoms. The van der Waals surface area contributed by atoms with Crippen molar-refractivity contribution in [3.05, 3.63) is 48.0 Å². The number of halogens is 1. The molecule has 3 saturated heterocycles. The first kappa shape index (κ1) is 16.7. The lowest BCUT2D eigenvalue weighted by Crippen LogP contribution is -2.44. The maximum absolute atomic E-state index is 13.9. The lowest BCUT2D eigenvalue weighted by molar-refractivity contribution is 0.131. The zero-order valence-corrected chi connectivity index (χ0v) is 14.9. The van der Waals surface area contributed by atoms with Crippen LogP contribution in [-0.2, 0) is 6.54 Å². The monoisotopic (exact) mass is 342 g/mol. The molecule has 0 amide bonds. The molecule has 25 heavy (non-hydrogen) atoms. The second-order valence-corrected chi connectivity index (χ2v) is 7.51. The Morgan fingerprint density at radius 1 is 1.20 bits per heavy atom. The molecule has 0 radical (unpaired) electrons. The van der Waals surface area contributed by atoms with Crippen LogP contribution in [0.4, 0.5) is 4.39 Å². The third-order valence-electron chi connectivity index (χ3n) is 5.60. The fourth-order valence-corrected chi connectivity index (χ4v) is 4.52. The van der Waals surface area contributed by atoms with Crippen molar-refractivity contribution in [2.45, 2.75) is 38.8 Å². The highest BCUT2D eigenvalue weighted by molar-refractivity contribution is 5.40. The maximum Gasteiger partial charge on any atom is 0.123 e. The first-order chi connectivity index (χ1) is 12.2. The zero-order chi connectivity index (χ0) is 17.2. The zero-order valence-electron chi connectivity index (χ0n) is 14.9. The van der Waals surface area contributed by atoms with E-state index in [9.17, 15) is 4.39 Å². The van der Waals surface area contributed by atoms with E-state index in [1.807, 2.05) is 23.0 Å². The summed E-state index contributed by atoms with van der Waals surface area (Å²) in [5.41, 5.74) is 2.00. The van der Waals surface area contributed by atoms with E-state index in [-0.39, 0.29) is 5.82 Å². The first-order valence-electron chi connectivity index (χ1n) is 9.47. The highest BCUT2D eigenvalue weighted by Gasteiger charge is 2.34. The average molecular weight is 342 g/mol. The van der Waals surface area contributed by atoms with Crippen LogP contribution in [0.1, 0.15) is 31.7 Å². The Balaban J connectivity index is 1.56. The van der Waals surface area contributed by atoms with Crippen LogP contribution in [0.25, 0.3) is 5.69 Å². The number of nitrogens with zero attached hydrogens (tertiary/aromatic N) is 4. The topological polar surface area (TPSA) is 24.3 Å². The van der Waals surface area contributed by atoms with Gasteiger partial charge in [-0.2, -0.15) is 5.10 Å². The summed E-state index contributed by atoms with van der Waals surface area (Å²) in [6.45, 7) is 7.69. The molecule has 3 aliphatic heterocycles. The van der Waals surface area contributed by atoms with Crippen LogP contribution in [0.5, 0.6) is 0 Å². The number of piperidine rings is 1. The van der Waals surface area contributed by atoms with E-state index in [1.165, 1.54) is 38.4 Å². The van der Waals surface area contributed by atoms with Crippen LogP contribution in [0, 0.1) is 11.7 Å². The Hall–Kier alpha value is -1.72. The van der Waals surface area contributed by atoms with E-state index in [0.717, 1.165) is 36.8 Å². The molecule has 2 bridgehead atoms. The Morgan fingerprint density at radius 3 is 2.92 bits per heavy atom. The summed E-state index contributed by atoms with van der Waals surface area (Å²) >= 11 is 0. The van der Waals surface area contributed by atoms with Crippen LogP contribution in [0.3, 0.4) is 0 Å². The van der Waals surface area contributed by atoms with Crippen LogP contribution in [0.15, 0.2) is 36.7 Å². The molecule has 4 nitrogen and oxygen atoms in total. The molecule has 0 N–H and O–H groups in total. The molecular formula is C20H27FN4. The number of hydrogen-bond acceptors (Lipinski definition) is 3. The minimum Gasteiger partial charge on any atom is -0.299 e. The van der Waals surface area contributed by atoms with Crippen molar-refractivity contribution in [3.8, 4) is 5.69 Å². The molecule has 3 fully saturated rings.